The summed E-state index contributed by atoms with van der Waals surface area (Å²) in [6.45, 7) is 0. The van der Waals surface area contributed by atoms with Crippen molar-refractivity contribution in [2.24, 2.45) is 10.4 Å². The molecule has 10 heavy (non-hydrogen) atoms. The summed E-state index contributed by atoms with van der Waals surface area (Å²) in [5, 5.41) is 21.3. The van der Waals surface area contributed by atoms with Gasteiger partial charge in [-0.2, -0.15) is 4.68 Å². The highest BCUT2D eigenvalue weighted by molar-refractivity contribution is 5.27. The highest BCUT2D eigenvalue weighted by Crippen LogP contribution is 2.06. The fraction of sp³-hybridized carbons (Fsp3) is 0. The van der Waals surface area contributed by atoms with Crippen LogP contribution in [0.4, 0.5) is 11.9 Å². The molecule has 0 saturated carbocycles. The van der Waals surface area contributed by atoms with E-state index in [-0.39, 0.29) is 11.9 Å². The first kappa shape index (κ1) is 6.26. The van der Waals surface area contributed by atoms with Gasteiger partial charge in [0.05, 0.1) is 0 Å². The Morgan fingerprint density at radius 3 is 2.60 bits per heavy atom. The first-order valence-electron chi connectivity index (χ1n) is 2.25. The SMILES string of the molecule is Nc1nnc(N=N[O-])n1N. The van der Waals surface area contributed by atoms with Crippen LogP contribution >= 0.6 is 0 Å². The van der Waals surface area contributed by atoms with Gasteiger partial charge in [-0.05, 0) is 0 Å². The van der Waals surface area contributed by atoms with Crippen LogP contribution in [0.15, 0.2) is 10.4 Å². The smallest absolute Gasteiger partial charge is 0.289 e. The quantitative estimate of drug-likeness (QED) is 0.299. The van der Waals surface area contributed by atoms with E-state index < -0.39 is 0 Å². The lowest BCUT2D eigenvalue weighted by atomic mass is 11.0. The van der Waals surface area contributed by atoms with E-state index in [0.29, 0.717) is 0 Å². The molecule has 1 rings (SSSR count). The van der Waals surface area contributed by atoms with Crippen molar-refractivity contribution in [3.63, 3.8) is 0 Å². The molecule has 0 saturated heterocycles. The number of aromatic nitrogens is 3. The molecule has 8 nitrogen and oxygen atoms in total. The van der Waals surface area contributed by atoms with Crippen molar-refractivity contribution in [3.05, 3.63) is 5.21 Å². The molecule has 0 aliphatic heterocycles. The molecule has 1 aromatic heterocycles. The van der Waals surface area contributed by atoms with Gasteiger partial charge in [0, 0.05) is 0 Å². The topological polar surface area (TPSA) is 131 Å². The second-order valence-electron chi connectivity index (χ2n) is 1.41. The minimum absolute atomic E-state index is 0.0256. The third-order valence-corrected chi connectivity index (χ3v) is 0.834. The lowest BCUT2D eigenvalue weighted by Crippen LogP contribution is -2.10. The van der Waals surface area contributed by atoms with Crippen LogP contribution in [0.5, 0.6) is 0 Å². The number of rotatable bonds is 1. The first-order valence-corrected chi connectivity index (χ1v) is 2.25. The summed E-state index contributed by atoms with van der Waals surface area (Å²) >= 11 is 0. The molecule has 0 amide bonds. The molecular formula is C2H4N7O-. The molecule has 0 fully saturated rings. The Morgan fingerprint density at radius 2 is 2.20 bits per heavy atom. The molecular weight excluding hydrogens is 138 g/mol. The summed E-state index contributed by atoms with van der Waals surface area (Å²) in [5.74, 6) is 5.02. The Morgan fingerprint density at radius 1 is 1.50 bits per heavy atom. The predicted molar refractivity (Wildman–Crippen MR) is 32.5 cm³/mol. The summed E-state index contributed by atoms with van der Waals surface area (Å²) < 4.78 is 0.849. The monoisotopic (exact) mass is 142 g/mol. The van der Waals surface area contributed by atoms with E-state index in [0.717, 1.165) is 4.68 Å². The van der Waals surface area contributed by atoms with Crippen molar-refractivity contribution in [2.45, 2.75) is 0 Å². The van der Waals surface area contributed by atoms with E-state index in [2.05, 4.69) is 20.6 Å². The van der Waals surface area contributed by atoms with E-state index in [1.54, 1.807) is 0 Å². The van der Waals surface area contributed by atoms with Gasteiger partial charge in [0.1, 0.15) is 0 Å². The molecule has 0 unspecified atom stereocenters. The van der Waals surface area contributed by atoms with Gasteiger partial charge in [0.25, 0.3) is 5.95 Å². The summed E-state index contributed by atoms with van der Waals surface area (Å²) in [6.07, 6.45) is 0. The van der Waals surface area contributed by atoms with Gasteiger partial charge in [0.2, 0.25) is 5.95 Å². The van der Waals surface area contributed by atoms with Gasteiger partial charge >= 0.3 is 0 Å². The van der Waals surface area contributed by atoms with Gasteiger partial charge in [-0.15, -0.1) is 15.3 Å². The van der Waals surface area contributed by atoms with Crippen molar-refractivity contribution in [3.8, 4) is 0 Å². The normalized spacial score (nSPS) is 10.8. The van der Waals surface area contributed by atoms with Gasteiger partial charge in [-0.3, -0.25) is 0 Å². The van der Waals surface area contributed by atoms with E-state index in [4.69, 9.17) is 11.6 Å². The highest BCUT2D eigenvalue weighted by Gasteiger charge is 2.02. The van der Waals surface area contributed by atoms with E-state index in [1.165, 1.54) is 0 Å². The second kappa shape index (κ2) is 2.17. The zero-order valence-electron chi connectivity index (χ0n) is 4.80. The number of nitrogens with zero attached hydrogens (tertiary/aromatic N) is 5. The number of nitrogen functional groups attached to an aromatic ring is 2. The number of hydrogen-bond acceptors (Lipinski definition) is 7. The van der Waals surface area contributed by atoms with E-state index >= 15 is 0 Å². The van der Waals surface area contributed by atoms with Gasteiger partial charge in [-0.25, -0.2) is 5.28 Å². The number of nitrogens with two attached hydrogens (primary N) is 2. The lowest BCUT2D eigenvalue weighted by Gasteiger charge is -1.93. The summed E-state index contributed by atoms with van der Waals surface area (Å²) in [5.41, 5.74) is 5.13. The molecule has 54 valence electrons. The van der Waals surface area contributed by atoms with Crippen LogP contribution in [0, 0.1) is 5.21 Å². The zero-order chi connectivity index (χ0) is 7.56. The zero-order valence-corrected chi connectivity index (χ0v) is 4.80. The number of anilines is 1. The molecule has 1 heterocycles. The van der Waals surface area contributed by atoms with E-state index in [9.17, 15) is 5.21 Å². The molecule has 0 aliphatic carbocycles. The Bertz CT molecular complexity index is 250. The first-order chi connectivity index (χ1) is 4.75. The van der Waals surface area contributed by atoms with Crippen LogP contribution in [-0.4, -0.2) is 14.9 Å². The third kappa shape index (κ3) is 0.811. The van der Waals surface area contributed by atoms with Crippen LogP contribution < -0.4 is 11.6 Å². The Hall–Kier alpha value is -1.86. The van der Waals surface area contributed by atoms with E-state index in [1.807, 2.05) is 0 Å². The largest absolute Gasteiger partial charge is 0.775 e. The van der Waals surface area contributed by atoms with Crippen molar-refractivity contribution in [1.29, 1.82) is 0 Å². The minimum Gasteiger partial charge on any atom is -0.775 e. The molecule has 0 aliphatic rings. The third-order valence-electron chi connectivity index (χ3n) is 0.834. The predicted octanol–water partition coefficient (Wildman–Crippen LogP) is -0.844. The number of hydrogen-bond donors (Lipinski definition) is 2. The summed E-state index contributed by atoms with van der Waals surface area (Å²) in [4.78, 5) is 0. The summed E-state index contributed by atoms with van der Waals surface area (Å²) in [6, 6.07) is 0. The van der Waals surface area contributed by atoms with Gasteiger partial charge < -0.3 is 16.8 Å². The molecule has 0 atom stereocenters. The van der Waals surface area contributed by atoms with Crippen LogP contribution in [-0.2, 0) is 0 Å². The second-order valence-corrected chi connectivity index (χ2v) is 1.41. The van der Waals surface area contributed by atoms with Crippen LogP contribution in [0.3, 0.4) is 0 Å². The fourth-order valence-corrected chi connectivity index (χ4v) is 0.399. The average molecular weight is 142 g/mol. The van der Waals surface area contributed by atoms with Gasteiger partial charge in [0.15, 0.2) is 0 Å². The standard InChI is InChI=1S/C2H5N7O/c3-1-5-6-2(7-8-10)9(1)4/h4H2,(H2,3,5)(H,6,7,10)/p-1. The minimum atomic E-state index is -0.118. The fourth-order valence-electron chi connectivity index (χ4n) is 0.399. The molecule has 0 aromatic carbocycles. The van der Waals surface area contributed by atoms with Gasteiger partial charge in [-0.1, -0.05) is 0 Å². The molecule has 1 aromatic rings. The maximum absolute atomic E-state index is 9.54. The van der Waals surface area contributed by atoms with Crippen LogP contribution in [0.25, 0.3) is 0 Å². The van der Waals surface area contributed by atoms with Crippen molar-refractivity contribution < 1.29 is 0 Å². The lowest BCUT2D eigenvalue weighted by molar-refractivity contribution is 0.969. The molecule has 4 N–H and O–H groups in total. The maximum Gasteiger partial charge on any atom is 0.289 e. The molecule has 0 radical (unpaired) electrons. The van der Waals surface area contributed by atoms with Crippen LogP contribution in [0.2, 0.25) is 0 Å². The Balaban J connectivity index is 3.05. The van der Waals surface area contributed by atoms with Crippen molar-refractivity contribution in [1.82, 2.24) is 14.9 Å². The molecule has 8 heteroatoms. The molecule has 0 spiro atoms. The van der Waals surface area contributed by atoms with Crippen LogP contribution in [0.1, 0.15) is 0 Å². The maximum atomic E-state index is 9.54. The van der Waals surface area contributed by atoms with Crippen molar-refractivity contribution >= 4 is 11.9 Å². The average Bonchev–Trinajstić information content (AvgIpc) is 2.20. The van der Waals surface area contributed by atoms with Crippen molar-refractivity contribution in [2.75, 3.05) is 11.6 Å². The Kier molecular flexibility index (Phi) is 1.36. The summed E-state index contributed by atoms with van der Waals surface area (Å²) in [7, 11) is 0. The highest BCUT2D eigenvalue weighted by atomic mass is 16.5. The Labute approximate surface area is 55.1 Å². The molecule has 0 bridgehead atoms.